The number of nitrogens with two attached hydrogens (primary N) is 1. The lowest BCUT2D eigenvalue weighted by molar-refractivity contribution is -0.125. The van der Waals surface area contributed by atoms with E-state index in [-0.39, 0.29) is 42.2 Å². The van der Waals surface area contributed by atoms with Gasteiger partial charge in [0.15, 0.2) is 5.58 Å². The van der Waals surface area contributed by atoms with E-state index in [2.05, 4.69) is 29.0 Å². The minimum atomic E-state index is -0.297. The molecular weight excluding hydrogens is 387 g/mol. The van der Waals surface area contributed by atoms with Crippen molar-refractivity contribution in [2.24, 2.45) is 11.7 Å². The fraction of sp³-hybridized carbons (Fsp3) is 0.579. The third-order valence-electron chi connectivity index (χ3n) is 5.44. The van der Waals surface area contributed by atoms with Crippen molar-refractivity contribution in [1.82, 2.24) is 10.3 Å². The van der Waals surface area contributed by atoms with Crippen LogP contribution >= 0.6 is 24.8 Å². The predicted molar refractivity (Wildman–Crippen MR) is 114 cm³/mol. The molecule has 1 aromatic heterocycles. The van der Waals surface area contributed by atoms with Crippen LogP contribution in [0, 0.1) is 5.92 Å². The summed E-state index contributed by atoms with van der Waals surface area (Å²) in [5.74, 6) is 0.160. The second-order valence-electron chi connectivity index (χ2n) is 7.01. The molecule has 2 aromatic rings. The molecule has 3 rings (SSSR count). The van der Waals surface area contributed by atoms with Crippen molar-refractivity contribution in [3.63, 3.8) is 0 Å². The van der Waals surface area contributed by atoms with Gasteiger partial charge >= 0.3 is 0 Å². The molecule has 0 unspecified atom stereocenters. The highest BCUT2D eigenvalue weighted by Gasteiger charge is 2.29. The molecule has 1 aliphatic rings. The monoisotopic (exact) mass is 416 g/mol. The number of fused-ring (bicyclic) bond motifs is 1. The maximum Gasteiger partial charge on any atom is 0.298 e. The lowest BCUT2D eigenvalue weighted by atomic mass is 9.92. The number of nitrogens with zero attached hydrogens (tertiary/aromatic N) is 2. The van der Waals surface area contributed by atoms with Crippen LogP contribution in [0.1, 0.15) is 39.5 Å². The van der Waals surface area contributed by atoms with Gasteiger partial charge in [-0.05, 0) is 37.8 Å². The maximum absolute atomic E-state index is 12.4. The maximum atomic E-state index is 12.4. The quantitative estimate of drug-likeness (QED) is 0.751. The van der Waals surface area contributed by atoms with Crippen LogP contribution in [0.4, 0.5) is 6.01 Å². The van der Waals surface area contributed by atoms with Gasteiger partial charge in [0.05, 0.1) is 0 Å². The van der Waals surface area contributed by atoms with E-state index in [0.29, 0.717) is 12.6 Å². The number of rotatable bonds is 6. The topological polar surface area (TPSA) is 84.4 Å². The van der Waals surface area contributed by atoms with Gasteiger partial charge in [-0.15, -0.1) is 24.8 Å². The van der Waals surface area contributed by atoms with Crippen molar-refractivity contribution >= 4 is 47.8 Å². The number of para-hydroxylation sites is 2. The average molecular weight is 417 g/mol. The first-order valence-corrected chi connectivity index (χ1v) is 9.22. The molecule has 0 saturated carbocycles. The van der Waals surface area contributed by atoms with Crippen LogP contribution in [0.15, 0.2) is 28.7 Å². The lowest BCUT2D eigenvalue weighted by Gasteiger charge is -2.32. The number of carbonyl (C=O) groups excluding carboxylic acids is 1. The van der Waals surface area contributed by atoms with E-state index < -0.39 is 0 Å². The smallest absolute Gasteiger partial charge is 0.298 e. The molecule has 1 aliphatic heterocycles. The number of oxazole rings is 1. The van der Waals surface area contributed by atoms with Crippen molar-refractivity contribution in [3.05, 3.63) is 24.3 Å². The van der Waals surface area contributed by atoms with Crippen molar-refractivity contribution < 1.29 is 9.21 Å². The Morgan fingerprint density at radius 2 is 1.89 bits per heavy atom. The van der Waals surface area contributed by atoms with Gasteiger partial charge in [-0.25, -0.2) is 0 Å². The Balaban J connectivity index is 0.00000182. The number of anilines is 1. The van der Waals surface area contributed by atoms with E-state index in [0.717, 1.165) is 49.9 Å². The van der Waals surface area contributed by atoms with Gasteiger partial charge in [-0.1, -0.05) is 26.0 Å². The molecule has 1 fully saturated rings. The number of halogens is 2. The number of carbonyl (C=O) groups is 1. The van der Waals surface area contributed by atoms with Crippen molar-refractivity contribution in [1.29, 1.82) is 0 Å². The Morgan fingerprint density at radius 1 is 1.26 bits per heavy atom. The molecule has 0 aliphatic carbocycles. The Hall–Kier alpha value is -1.50. The Morgan fingerprint density at radius 3 is 2.48 bits per heavy atom. The summed E-state index contributed by atoms with van der Waals surface area (Å²) in [4.78, 5) is 19.1. The Kier molecular flexibility index (Phi) is 8.85. The highest BCUT2D eigenvalue weighted by atomic mass is 35.5. The number of aromatic nitrogens is 1. The highest BCUT2D eigenvalue weighted by molar-refractivity contribution is 5.85. The van der Waals surface area contributed by atoms with E-state index >= 15 is 0 Å². The molecule has 27 heavy (non-hydrogen) atoms. The van der Waals surface area contributed by atoms with Gasteiger partial charge in [0, 0.05) is 31.1 Å². The zero-order chi connectivity index (χ0) is 17.9. The Bertz CT molecular complexity index is 692. The van der Waals surface area contributed by atoms with Gasteiger partial charge in [0.1, 0.15) is 5.52 Å². The largest absolute Gasteiger partial charge is 0.423 e. The lowest BCUT2D eigenvalue weighted by Crippen LogP contribution is -2.51. The van der Waals surface area contributed by atoms with Gasteiger partial charge in [-0.3, -0.25) is 4.79 Å². The molecule has 8 heteroatoms. The van der Waals surface area contributed by atoms with Crippen LogP contribution in [0.2, 0.25) is 0 Å². The molecule has 3 N–H and O–H groups in total. The second-order valence-corrected chi connectivity index (χ2v) is 7.01. The molecule has 0 atom stereocenters. The zero-order valence-corrected chi connectivity index (χ0v) is 17.6. The van der Waals surface area contributed by atoms with Gasteiger partial charge in [0.2, 0.25) is 5.91 Å². The standard InChI is InChI=1S/C19H28N4O2.2ClH/c1-3-19(20,4-2)13-21-17(24)14-9-11-23(12-10-14)18-22-15-7-5-6-8-16(15)25-18;;/h5-8,14H,3-4,9-13,20H2,1-2H3,(H,21,24);2*1H. The average Bonchev–Trinajstić information content (AvgIpc) is 3.10. The number of nitrogens with one attached hydrogen (secondary N) is 1. The number of amides is 1. The zero-order valence-electron chi connectivity index (χ0n) is 15.9. The summed E-state index contributed by atoms with van der Waals surface area (Å²) < 4.78 is 5.82. The minimum Gasteiger partial charge on any atom is -0.423 e. The molecular formula is C19H30Cl2N4O2. The molecule has 1 amide bonds. The number of piperidine rings is 1. The van der Waals surface area contributed by atoms with Gasteiger partial charge in [-0.2, -0.15) is 4.98 Å². The van der Waals surface area contributed by atoms with Crippen molar-refractivity contribution in [2.75, 3.05) is 24.5 Å². The number of hydrogen-bond donors (Lipinski definition) is 2. The van der Waals surface area contributed by atoms with Gasteiger partial charge < -0.3 is 20.4 Å². The molecule has 1 aromatic carbocycles. The van der Waals surface area contributed by atoms with E-state index in [1.165, 1.54) is 0 Å². The van der Waals surface area contributed by atoms with Crippen LogP contribution < -0.4 is 16.0 Å². The van der Waals surface area contributed by atoms with E-state index in [1.54, 1.807) is 0 Å². The summed E-state index contributed by atoms with van der Waals surface area (Å²) in [6.07, 6.45) is 3.33. The summed E-state index contributed by atoms with van der Waals surface area (Å²) in [6, 6.07) is 8.42. The first kappa shape index (κ1) is 23.5. The summed E-state index contributed by atoms with van der Waals surface area (Å²) >= 11 is 0. The SMILES string of the molecule is CCC(N)(CC)CNC(=O)C1CCN(c2nc3ccccc3o2)CC1.Cl.Cl. The highest BCUT2D eigenvalue weighted by Crippen LogP contribution is 2.26. The Labute approximate surface area is 173 Å². The third-order valence-corrected chi connectivity index (χ3v) is 5.44. The van der Waals surface area contributed by atoms with Crippen LogP contribution in [-0.4, -0.2) is 36.1 Å². The predicted octanol–water partition coefficient (Wildman–Crippen LogP) is 3.52. The summed E-state index contributed by atoms with van der Waals surface area (Å²) in [5, 5.41) is 3.05. The molecule has 0 spiro atoms. The summed E-state index contributed by atoms with van der Waals surface area (Å²) in [7, 11) is 0. The van der Waals surface area contributed by atoms with Crippen LogP contribution in [0.3, 0.4) is 0 Å². The van der Waals surface area contributed by atoms with Crippen molar-refractivity contribution in [3.8, 4) is 0 Å². The van der Waals surface area contributed by atoms with Crippen molar-refractivity contribution in [2.45, 2.75) is 45.1 Å². The molecule has 152 valence electrons. The second kappa shape index (κ2) is 10.2. The van der Waals surface area contributed by atoms with Crippen LogP contribution in [0.5, 0.6) is 0 Å². The van der Waals surface area contributed by atoms with Crippen LogP contribution in [0.25, 0.3) is 11.1 Å². The summed E-state index contributed by atoms with van der Waals surface area (Å²) in [5.41, 5.74) is 7.64. The first-order valence-electron chi connectivity index (χ1n) is 9.22. The van der Waals surface area contributed by atoms with E-state index in [1.807, 2.05) is 24.3 Å². The van der Waals surface area contributed by atoms with E-state index in [4.69, 9.17) is 10.2 Å². The first-order chi connectivity index (χ1) is 12.0. The molecule has 0 radical (unpaired) electrons. The fourth-order valence-corrected chi connectivity index (χ4v) is 3.24. The minimum absolute atomic E-state index is 0. The summed E-state index contributed by atoms with van der Waals surface area (Å²) in [6.45, 7) is 6.23. The third kappa shape index (κ3) is 5.50. The molecule has 2 heterocycles. The number of benzene rings is 1. The van der Waals surface area contributed by atoms with Gasteiger partial charge in [0.25, 0.3) is 6.01 Å². The molecule has 6 nitrogen and oxygen atoms in total. The normalized spacial score (nSPS) is 15.1. The van der Waals surface area contributed by atoms with Crippen LogP contribution in [-0.2, 0) is 4.79 Å². The molecule has 0 bridgehead atoms. The van der Waals surface area contributed by atoms with E-state index in [9.17, 15) is 4.79 Å². The molecule has 1 saturated heterocycles. The number of hydrogen-bond acceptors (Lipinski definition) is 5. The fourth-order valence-electron chi connectivity index (χ4n) is 3.24.